The van der Waals surface area contributed by atoms with Crippen LogP contribution >= 0.6 is 11.6 Å². The lowest BCUT2D eigenvalue weighted by atomic mass is 9.91. The lowest BCUT2D eigenvalue weighted by molar-refractivity contribution is -0.128. The van der Waals surface area contributed by atoms with Crippen LogP contribution in [0.1, 0.15) is 56.4 Å². The van der Waals surface area contributed by atoms with E-state index in [4.69, 9.17) is 16.3 Å². The molecule has 0 heterocycles. The number of hydrogen-bond donors (Lipinski definition) is 2. The molecule has 2 N–H and O–H groups in total. The molecule has 0 fully saturated rings. The van der Waals surface area contributed by atoms with Gasteiger partial charge in [0.1, 0.15) is 12.4 Å². The Morgan fingerprint density at radius 2 is 2.03 bits per heavy atom. The maximum absolute atomic E-state index is 12.2. The normalized spacial score (nSPS) is 17.7. The Morgan fingerprint density at radius 1 is 1.23 bits per heavy atom. The first-order valence-electron chi connectivity index (χ1n) is 10.7. The van der Waals surface area contributed by atoms with Gasteiger partial charge >= 0.3 is 0 Å². The monoisotopic (exact) mass is 429 g/mol. The number of aliphatic hydroxyl groups excluding tert-OH is 1. The smallest absolute Gasteiger partial charge is 0.175 e. The predicted molar refractivity (Wildman–Crippen MR) is 121 cm³/mol. The van der Waals surface area contributed by atoms with Crippen molar-refractivity contribution < 1.29 is 14.6 Å². The number of rotatable bonds is 7. The van der Waals surface area contributed by atoms with E-state index in [1.807, 2.05) is 45.0 Å². The summed E-state index contributed by atoms with van der Waals surface area (Å²) in [4.78, 5) is 12.2. The van der Waals surface area contributed by atoms with Crippen LogP contribution in [0, 0.1) is 5.41 Å². The van der Waals surface area contributed by atoms with Gasteiger partial charge in [-0.15, -0.1) is 0 Å². The van der Waals surface area contributed by atoms with Crippen LogP contribution in [0.3, 0.4) is 0 Å². The molecule has 0 bridgehead atoms. The van der Waals surface area contributed by atoms with E-state index in [0.717, 1.165) is 37.0 Å². The number of halogens is 1. The van der Waals surface area contributed by atoms with Crippen LogP contribution < -0.4 is 10.1 Å². The largest absolute Gasteiger partial charge is 0.486 e. The highest BCUT2D eigenvalue weighted by atomic mass is 35.5. The third kappa shape index (κ3) is 6.31. The molecule has 0 saturated carbocycles. The lowest BCUT2D eigenvalue weighted by Gasteiger charge is -2.20. The third-order valence-electron chi connectivity index (χ3n) is 5.68. The van der Waals surface area contributed by atoms with Gasteiger partial charge in [-0.2, -0.15) is 0 Å². The molecular formula is C25H32ClNO3. The topological polar surface area (TPSA) is 58.6 Å². The number of fused-ring (bicyclic) bond motifs is 1. The number of nitrogens with one attached hydrogen (secondary N) is 1. The zero-order chi connectivity index (χ0) is 21.7. The summed E-state index contributed by atoms with van der Waals surface area (Å²) in [6.07, 6.45) is 3.47. The highest BCUT2D eigenvalue weighted by molar-refractivity contribution is 6.30. The van der Waals surface area contributed by atoms with E-state index in [2.05, 4.69) is 17.4 Å². The van der Waals surface area contributed by atoms with E-state index in [9.17, 15) is 9.90 Å². The van der Waals surface area contributed by atoms with E-state index in [1.54, 1.807) is 6.07 Å². The average Bonchev–Trinajstić information content (AvgIpc) is 2.90. The molecule has 3 rings (SSSR count). The molecule has 0 radical (unpaired) electrons. The summed E-state index contributed by atoms with van der Waals surface area (Å²) in [5.74, 6) is 0.831. The highest BCUT2D eigenvalue weighted by Crippen LogP contribution is 2.26. The van der Waals surface area contributed by atoms with Gasteiger partial charge in [0.05, 0.1) is 6.10 Å². The first kappa shape index (κ1) is 22.8. The van der Waals surface area contributed by atoms with Crippen LogP contribution in [-0.4, -0.2) is 30.1 Å². The number of Topliss-reactive ketones (excluding diaryl/α,β-unsaturated/α-hetero) is 1. The maximum atomic E-state index is 12.2. The van der Waals surface area contributed by atoms with Gasteiger partial charge in [-0.05, 0) is 66.6 Å². The summed E-state index contributed by atoms with van der Waals surface area (Å²) in [7, 11) is 0. The number of aliphatic hydroxyl groups is 1. The Hall–Kier alpha value is -1.88. The number of hydrogen-bond acceptors (Lipinski definition) is 4. The molecule has 0 aromatic heterocycles. The third-order valence-corrected chi connectivity index (χ3v) is 5.92. The molecule has 0 spiro atoms. The van der Waals surface area contributed by atoms with Crippen LogP contribution in [0.25, 0.3) is 0 Å². The highest BCUT2D eigenvalue weighted by Gasteiger charge is 2.22. The molecule has 2 aromatic rings. The Labute approximate surface area is 184 Å². The van der Waals surface area contributed by atoms with Crippen molar-refractivity contribution in [3.8, 4) is 5.75 Å². The molecular weight excluding hydrogens is 398 g/mol. The molecule has 4 nitrogen and oxygen atoms in total. The number of aryl methyl sites for hydroxylation is 1. The second-order valence-electron chi connectivity index (χ2n) is 9.16. The van der Waals surface area contributed by atoms with Crippen molar-refractivity contribution >= 4 is 17.4 Å². The zero-order valence-corrected chi connectivity index (χ0v) is 18.8. The average molecular weight is 430 g/mol. The molecule has 162 valence electrons. The predicted octanol–water partition coefficient (Wildman–Crippen LogP) is 4.90. The minimum atomic E-state index is -0.593. The summed E-state index contributed by atoms with van der Waals surface area (Å²) in [5.41, 5.74) is 3.01. The van der Waals surface area contributed by atoms with E-state index in [1.165, 1.54) is 11.1 Å². The molecule has 0 aliphatic heterocycles. The first-order valence-corrected chi connectivity index (χ1v) is 11.0. The fourth-order valence-electron chi connectivity index (χ4n) is 3.68. The van der Waals surface area contributed by atoms with Crippen LogP contribution in [0.2, 0.25) is 5.02 Å². The Bertz CT molecular complexity index is 875. The molecule has 2 atom stereocenters. The standard InChI is InChI=1S/C25H32ClNO3/c1-25(2,3)24(29)16-30-22-11-10-17-6-5-9-21(13-19(17)14-22)27-15-23(28)18-7-4-8-20(26)12-18/h4,7-8,10-12,14,21,23,27-28H,5-6,9,13,15-16H2,1-3H3. The summed E-state index contributed by atoms with van der Waals surface area (Å²) in [6, 6.07) is 13.8. The number of ether oxygens (including phenoxy) is 1. The number of carbonyl (C=O) groups excluding carboxylic acids is 1. The van der Waals surface area contributed by atoms with Crippen LogP contribution in [0.5, 0.6) is 5.75 Å². The van der Waals surface area contributed by atoms with Crippen molar-refractivity contribution in [2.45, 2.75) is 58.6 Å². The van der Waals surface area contributed by atoms with Crippen molar-refractivity contribution in [2.24, 2.45) is 5.41 Å². The van der Waals surface area contributed by atoms with E-state index >= 15 is 0 Å². The Kier molecular flexibility index (Phi) is 7.56. The van der Waals surface area contributed by atoms with Gasteiger partial charge in [-0.3, -0.25) is 4.79 Å². The summed E-state index contributed by atoms with van der Waals surface area (Å²) in [6.45, 7) is 6.30. The van der Waals surface area contributed by atoms with Crippen molar-refractivity contribution in [1.82, 2.24) is 5.32 Å². The fraction of sp³-hybridized carbons (Fsp3) is 0.480. The van der Waals surface area contributed by atoms with Crippen LogP contribution in [-0.2, 0) is 17.6 Å². The second kappa shape index (κ2) is 9.95. The van der Waals surface area contributed by atoms with Gasteiger partial charge in [0.2, 0.25) is 0 Å². The van der Waals surface area contributed by atoms with Crippen molar-refractivity contribution in [1.29, 1.82) is 0 Å². The zero-order valence-electron chi connectivity index (χ0n) is 18.1. The summed E-state index contributed by atoms with van der Waals surface area (Å²) < 4.78 is 5.78. The minimum absolute atomic E-state index is 0.0898. The molecule has 30 heavy (non-hydrogen) atoms. The molecule has 2 aromatic carbocycles. The molecule has 5 heteroatoms. The summed E-state index contributed by atoms with van der Waals surface area (Å²) >= 11 is 6.04. The van der Waals surface area contributed by atoms with Gasteiger partial charge < -0.3 is 15.2 Å². The molecule has 2 unspecified atom stereocenters. The maximum Gasteiger partial charge on any atom is 0.175 e. The SMILES string of the molecule is CC(C)(C)C(=O)COc1ccc2c(c1)CC(NCC(O)c1cccc(Cl)c1)CCC2. The van der Waals surface area contributed by atoms with Gasteiger partial charge in [0.25, 0.3) is 0 Å². The van der Waals surface area contributed by atoms with Gasteiger partial charge in [0, 0.05) is 23.0 Å². The lowest BCUT2D eigenvalue weighted by Crippen LogP contribution is -2.34. The molecule has 1 aliphatic carbocycles. The van der Waals surface area contributed by atoms with E-state index < -0.39 is 11.5 Å². The Morgan fingerprint density at radius 3 is 2.77 bits per heavy atom. The first-order chi connectivity index (χ1) is 14.2. The number of carbonyl (C=O) groups is 1. The number of ketones is 1. The van der Waals surface area contributed by atoms with E-state index in [-0.39, 0.29) is 18.4 Å². The van der Waals surface area contributed by atoms with Gasteiger partial charge in [-0.25, -0.2) is 0 Å². The van der Waals surface area contributed by atoms with Gasteiger partial charge in [0.15, 0.2) is 5.78 Å². The Balaban J connectivity index is 1.60. The van der Waals surface area contributed by atoms with Gasteiger partial charge in [-0.1, -0.05) is 50.6 Å². The van der Waals surface area contributed by atoms with Crippen molar-refractivity contribution in [3.63, 3.8) is 0 Å². The molecule has 0 amide bonds. The van der Waals surface area contributed by atoms with E-state index in [0.29, 0.717) is 11.6 Å². The van der Waals surface area contributed by atoms with Crippen LogP contribution in [0.4, 0.5) is 0 Å². The van der Waals surface area contributed by atoms with Crippen LogP contribution in [0.15, 0.2) is 42.5 Å². The molecule has 0 saturated heterocycles. The number of benzene rings is 2. The summed E-state index contributed by atoms with van der Waals surface area (Å²) in [5, 5.41) is 14.7. The van der Waals surface area contributed by atoms with Crippen molar-refractivity contribution in [3.05, 3.63) is 64.2 Å². The minimum Gasteiger partial charge on any atom is -0.486 e. The second-order valence-corrected chi connectivity index (χ2v) is 9.60. The fourth-order valence-corrected chi connectivity index (χ4v) is 3.88. The quantitative estimate of drug-likeness (QED) is 0.614. The molecule has 1 aliphatic rings. The van der Waals surface area contributed by atoms with Crippen molar-refractivity contribution in [2.75, 3.05) is 13.2 Å².